The van der Waals surface area contributed by atoms with Gasteiger partial charge in [0.15, 0.2) is 0 Å². The van der Waals surface area contributed by atoms with E-state index in [2.05, 4.69) is 15.1 Å². The third-order valence-electron chi connectivity index (χ3n) is 4.50. The number of rotatable bonds is 7. The van der Waals surface area contributed by atoms with E-state index in [0.717, 1.165) is 11.3 Å². The topological polar surface area (TPSA) is 107 Å². The average molecular weight is 420 g/mol. The maximum atomic E-state index is 13.3. The first-order chi connectivity index (χ1) is 14.5. The molecular weight excluding hydrogens is 400 g/mol. The lowest BCUT2D eigenvalue weighted by molar-refractivity contribution is 0.397. The Bertz CT molecular complexity index is 1210. The molecule has 9 heteroatoms. The SMILES string of the molecule is Nc1cccc(CN(Cc2ccc(-n3cccn3)cc2)S(=O)(=O)c2cccnc2)n1. The predicted octanol–water partition coefficient (Wildman–Crippen LogP) is 2.64. The molecular formula is C21H20N6O2S. The molecule has 0 amide bonds. The minimum absolute atomic E-state index is 0.0865. The molecule has 4 aromatic rings. The van der Waals surface area contributed by atoms with Gasteiger partial charge in [0.1, 0.15) is 10.7 Å². The number of aromatic nitrogens is 4. The lowest BCUT2D eigenvalue weighted by atomic mass is 10.2. The fourth-order valence-corrected chi connectivity index (χ4v) is 4.38. The van der Waals surface area contributed by atoms with Crippen LogP contribution in [0.4, 0.5) is 5.82 Å². The van der Waals surface area contributed by atoms with Gasteiger partial charge in [0, 0.05) is 31.3 Å². The minimum Gasteiger partial charge on any atom is -0.384 e. The second-order valence-corrected chi connectivity index (χ2v) is 8.57. The molecule has 30 heavy (non-hydrogen) atoms. The first-order valence-electron chi connectivity index (χ1n) is 9.23. The molecule has 0 atom stereocenters. The highest BCUT2D eigenvalue weighted by Crippen LogP contribution is 2.21. The normalized spacial score (nSPS) is 11.6. The van der Waals surface area contributed by atoms with Crippen LogP contribution in [0.15, 0.2) is 90.3 Å². The van der Waals surface area contributed by atoms with Gasteiger partial charge in [-0.2, -0.15) is 9.40 Å². The molecule has 0 saturated carbocycles. The second kappa shape index (κ2) is 8.44. The minimum atomic E-state index is -3.79. The van der Waals surface area contributed by atoms with E-state index in [1.807, 2.05) is 36.5 Å². The van der Waals surface area contributed by atoms with Crippen molar-refractivity contribution in [3.8, 4) is 5.69 Å². The third-order valence-corrected chi connectivity index (χ3v) is 6.28. The Balaban J connectivity index is 1.65. The Labute approximate surface area is 174 Å². The van der Waals surface area contributed by atoms with Crippen LogP contribution < -0.4 is 5.73 Å². The van der Waals surface area contributed by atoms with Crippen molar-refractivity contribution in [3.05, 3.63) is 96.7 Å². The highest BCUT2D eigenvalue weighted by molar-refractivity contribution is 7.89. The summed E-state index contributed by atoms with van der Waals surface area (Å²) in [4.78, 5) is 8.33. The van der Waals surface area contributed by atoms with Gasteiger partial charge >= 0.3 is 0 Å². The highest BCUT2D eigenvalue weighted by atomic mass is 32.2. The highest BCUT2D eigenvalue weighted by Gasteiger charge is 2.25. The van der Waals surface area contributed by atoms with Gasteiger partial charge in [0.25, 0.3) is 0 Å². The van der Waals surface area contributed by atoms with Crippen LogP contribution in [-0.4, -0.2) is 32.5 Å². The number of pyridine rings is 2. The van der Waals surface area contributed by atoms with Gasteiger partial charge in [0.2, 0.25) is 10.0 Å². The number of hydrogen-bond donors (Lipinski definition) is 1. The van der Waals surface area contributed by atoms with Crippen LogP contribution in [0.1, 0.15) is 11.3 Å². The average Bonchev–Trinajstić information content (AvgIpc) is 3.29. The summed E-state index contributed by atoms with van der Waals surface area (Å²) in [6, 6.07) is 17.7. The number of hydrogen-bond acceptors (Lipinski definition) is 6. The molecule has 0 saturated heterocycles. The molecule has 152 valence electrons. The van der Waals surface area contributed by atoms with Gasteiger partial charge in [-0.25, -0.2) is 18.1 Å². The number of anilines is 1. The van der Waals surface area contributed by atoms with Crippen molar-refractivity contribution in [3.63, 3.8) is 0 Å². The lowest BCUT2D eigenvalue weighted by Crippen LogP contribution is -2.30. The standard InChI is InChI=1S/C21H20N6O2S/c22-21-6-1-4-18(25-21)16-26(30(28,29)20-5-2-11-23-14-20)15-17-7-9-19(10-8-17)27-13-3-12-24-27/h1-14H,15-16H2,(H2,22,25). The van der Waals surface area contributed by atoms with Crippen LogP contribution in [0.25, 0.3) is 5.69 Å². The van der Waals surface area contributed by atoms with Crippen LogP contribution >= 0.6 is 0 Å². The van der Waals surface area contributed by atoms with E-state index in [-0.39, 0.29) is 18.0 Å². The van der Waals surface area contributed by atoms with Crippen molar-refractivity contribution in [2.24, 2.45) is 0 Å². The Morgan fingerprint density at radius 2 is 1.77 bits per heavy atom. The first-order valence-corrected chi connectivity index (χ1v) is 10.7. The van der Waals surface area contributed by atoms with E-state index >= 15 is 0 Å². The Morgan fingerprint density at radius 1 is 0.933 bits per heavy atom. The van der Waals surface area contributed by atoms with E-state index in [0.29, 0.717) is 11.5 Å². The number of benzene rings is 1. The summed E-state index contributed by atoms with van der Waals surface area (Å²) in [5, 5.41) is 4.20. The van der Waals surface area contributed by atoms with E-state index in [1.165, 1.54) is 22.8 Å². The molecule has 0 aliphatic heterocycles. The van der Waals surface area contributed by atoms with Crippen LogP contribution in [0.2, 0.25) is 0 Å². The summed E-state index contributed by atoms with van der Waals surface area (Å²) in [6.45, 7) is 0.260. The summed E-state index contributed by atoms with van der Waals surface area (Å²) >= 11 is 0. The van der Waals surface area contributed by atoms with Crippen LogP contribution in [-0.2, 0) is 23.1 Å². The van der Waals surface area contributed by atoms with Crippen molar-refractivity contribution in [1.82, 2.24) is 24.1 Å². The van der Waals surface area contributed by atoms with Crippen molar-refractivity contribution in [1.29, 1.82) is 0 Å². The van der Waals surface area contributed by atoms with Crippen molar-refractivity contribution < 1.29 is 8.42 Å². The molecule has 8 nitrogen and oxygen atoms in total. The summed E-state index contributed by atoms with van der Waals surface area (Å²) in [7, 11) is -3.79. The molecule has 0 aliphatic rings. The second-order valence-electron chi connectivity index (χ2n) is 6.63. The quantitative estimate of drug-likeness (QED) is 0.493. The van der Waals surface area contributed by atoms with E-state index < -0.39 is 10.0 Å². The number of nitrogen functional groups attached to an aromatic ring is 1. The maximum Gasteiger partial charge on any atom is 0.245 e. The summed E-state index contributed by atoms with van der Waals surface area (Å²) in [5.74, 6) is 0.342. The molecule has 0 aliphatic carbocycles. The third kappa shape index (κ3) is 4.37. The molecule has 3 heterocycles. The van der Waals surface area contributed by atoms with Gasteiger partial charge in [-0.05, 0) is 48.0 Å². The zero-order chi connectivity index (χ0) is 21.0. The van der Waals surface area contributed by atoms with E-state index in [1.54, 1.807) is 35.1 Å². The van der Waals surface area contributed by atoms with Gasteiger partial charge < -0.3 is 5.73 Å². The van der Waals surface area contributed by atoms with Crippen LogP contribution in [0.5, 0.6) is 0 Å². The zero-order valence-corrected chi connectivity index (χ0v) is 16.9. The first kappa shape index (κ1) is 19.7. The number of nitrogens with two attached hydrogens (primary N) is 1. The van der Waals surface area contributed by atoms with Crippen LogP contribution in [0.3, 0.4) is 0 Å². The molecule has 0 unspecified atom stereocenters. The van der Waals surface area contributed by atoms with E-state index in [4.69, 9.17) is 5.73 Å². The Morgan fingerprint density at radius 3 is 2.43 bits per heavy atom. The zero-order valence-electron chi connectivity index (χ0n) is 16.0. The fraction of sp³-hybridized carbons (Fsp3) is 0.0952. The summed E-state index contributed by atoms with van der Waals surface area (Å²) in [6.07, 6.45) is 6.43. The van der Waals surface area contributed by atoms with Crippen LogP contribution in [0, 0.1) is 0 Å². The molecule has 0 radical (unpaired) electrons. The lowest BCUT2D eigenvalue weighted by Gasteiger charge is -2.22. The number of sulfonamides is 1. The van der Waals surface area contributed by atoms with Crippen molar-refractivity contribution in [2.45, 2.75) is 18.0 Å². The van der Waals surface area contributed by atoms with Gasteiger partial charge in [-0.15, -0.1) is 0 Å². The molecule has 4 rings (SSSR count). The predicted molar refractivity (Wildman–Crippen MR) is 113 cm³/mol. The molecule has 0 fully saturated rings. The Hall–Kier alpha value is -3.56. The molecule has 2 N–H and O–H groups in total. The molecule has 0 spiro atoms. The van der Waals surface area contributed by atoms with Crippen molar-refractivity contribution >= 4 is 15.8 Å². The smallest absolute Gasteiger partial charge is 0.245 e. The molecule has 1 aromatic carbocycles. The van der Waals surface area contributed by atoms with Gasteiger partial charge in [-0.3, -0.25) is 4.98 Å². The molecule has 3 aromatic heterocycles. The number of nitrogens with zero attached hydrogens (tertiary/aromatic N) is 5. The van der Waals surface area contributed by atoms with E-state index in [9.17, 15) is 8.42 Å². The summed E-state index contributed by atoms with van der Waals surface area (Å²) in [5.41, 5.74) is 8.07. The Kier molecular flexibility index (Phi) is 5.55. The molecule has 0 bridgehead atoms. The largest absolute Gasteiger partial charge is 0.384 e. The summed E-state index contributed by atoms with van der Waals surface area (Å²) < 4.78 is 29.7. The van der Waals surface area contributed by atoms with Gasteiger partial charge in [-0.1, -0.05) is 18.2 Å². The van der Waals surface area contributed by atoms with Gasteiger partial charge in [0.05, 0.1) is 17.9 Å². The monoisotopic (exact) mass is 420 g/mol. The maximum absolute atomic E-state index is 13.3. The fourth-order valence-electron chi connectivity index (χ4n) is 3.02. The van der Waals surface area contributed by atoms with Crippen molar-refractivity contribution in [2.75, 3.05) is 5.73 Å².